The normalized spacial score (nSPS) is 21.8. The first kappa shape index (κ1) is 21.2. The summed E-state index contributed by atoms with van der Waals surface area (Å²) < 4.78 is 2.25. The van der Waals surface area contributed by atoms with Crippen molar-refractivity contribution in [2.75, 3.05) is 17.3 Å². The maximum absolute atomic E-state index is 6.09. The van der Waals surface area contributed by atoms with Crippen molar-refractivity contribution in [2.45, 2.75) is 75.9 Å². The third-order valence-electron chi connectivity index (χ3n) is 6.83. The topological polar surface area (TPSA) is 106 Å². The Morgan fingerprint density at radius 1 is 0.969 bits per heavy atom. The molecule has 0 aliphatic heterocycles. The fraction of sp³-hybridized carbons (Fsp3) is 0.542. The molecule has 2 heterocycles. The summed E-state index contributed by atoms with van der Waals surface area (Å²) in [6.45, 7) is 0.794. The number of fused-ring (bicyclic) bond motifs is 1. The van der Waals surface area contributed by atoms with Gasteiger partial charge in [-0.15, -0.1) is 0 Å². The summed E-state index contributed by atoms with van der Waals surface area (Å²) in [6.07, 6.45) is 12.0. The summed E-state index contributed by atoms with van der Waals surface area (Å²) >= 11 is 0. The van der Waals surface area contributed by atoms with E-state index in [9.17, 15) is 0 Å². The summed E-state index contributed by atoms with van der Waals surface area (Å²) in [6, 6.07) is 11.7. The summed E-state index contributed by atoms with van der Waals surface area (Å²) in [4.78, 5) is 14.4. The molecule has 170 valence electrons. The molecule has 0 spiro atoms. The Bertz CT molecular complexity index is 1000. The van der Waals surface area contributed by atoms with Crippen molar-refractivity contribution >= 4 is 22.9 Å². The lowest BCUT2D eigenvalue weighted by Gasteiger charge is -2.27. The van der Waals surface area contributed by atoms with Crippen LogP contribution in [-0.2, 0) is 6.42 Å². The van der Waals surface area contributed by atoms with Gasteiger partial charge in [-0.2, -0.15) is 9.97 Å². The number of rotatable bonds is 8. The van der Waals surface area contributed by atoms with Crippen molar-refractivity contribution in [2.24, 2.45) is 5.73 Å². The molecule has 0 saturated heterocycles. The van der Waals surface area contributed by atoms with Gasteiger partial charge in [-0.1, -0.05) is 43.2 Å². The highest BCUT2D eigenvalue weighted by Crippen LogP contribution is 2.33. The summed E-state index contributed by atoms with van der Waals surface area (Å²) in [5, 5.41) is 3.57. The quantitative estimate of drug-likeness (QED) is 0.316. The van der Waals surface area contributed by atoms with Gasteiger partial charge >= 0.3 is 0 Å². The maximum Gasteiger partial charge on any atom is 0.227 e. The maximum atomic E-state index is 6.09. The van der Waals surface area contributed by atoms with Gasteiger partial charge in [0.05, 0.1) is 6.33 Å². The standard InChI is InChI=1S/C24H34N8/c25-18-10-12-19(13-11-18)28-24-29-22(31-27-15-14-17-6-2-1-3-7-17)21-23(30-24)32(16-26-21)20-8-4-5-9-20/h1-3,6-7,16,18-20,27H,4-5,8-15,25H2,(H2,28,29,30,31). The minimum Gasteiger partial charge on any atom is -0.351 e. The van der Waals surface area contributed by atoms with Crippen molar-refractivity contribution in [1.29, 1.82) is 0 Å². The van der Waals surface area contributed by atoms with Gasteiger partial charge in [0, 0.05) is 24.7 Å². The van der Waals surface area contributed by atoms with E-state index in [2.05, 4.69) is 50.0 Å². The van der Waals surface area contributed by atoms with Crippen LogP contribution in [0.4, 0.5) is 11.8 Å². The molecule has 0 radical (unpaired) electrons. The Hall–Kier alpha value is -2.71. The van der Waals surface area contributed by atoms with E-state index in [-0.39, 0.29) is 0 Å². The van der Waals surface area contributed by atoms with E-state index in [4.69, 9.17) is 15.7 Å². The zero-order valence-corrected chi connectivity index (χ0v) is 18.6. The molecule has 32 heavy (non-hydrogen) atoms. The summed E-state index contributed by atoms with van der Waals surface area (Å²) in [7, 11) is 0. The van der Waals surface area contributed by atoms with E-state index in [0.29, 0.717) is 24.1 Å². The van der Waals surface area contributed by atoms with Gasteiger partial charge < -0.3 is 21.0 Å². The number of hydrogen-bond donors (Lipinski definition) is 4. The average Bonchev–Trinajstić information content (AvgIpc) is 3.49. The molecule has 1 aromatic carbocycles. The smallest absolute Gasteiger partial charge is 0.227 e. The van der Waals surface area contributed by atoms with E-state index in [1.807, 2.05) is 12.4 Å². The van der Waals surface area contributed by atoms with Crippen LogP contribution in [0, 0.1) is 0 Å². The number of nitrogens with two attached hydrogens (primary N) is 1. The molecule has 8 nitrogen and oxygen atoms in total. The lowest BCUT2D eigenvalue weighted by Crippen LogP contribution is -2.33. The first-order valence-electron chi connectivity index (χ1n) is 12.1. The fourth-order valence-corrected chi connectivity index (χ4v) is 4.96. The number of imidazole rings is 1. The van der Waals surface area contributed by atoms with Crippen LogP contribution in [0.5, 0.6) is 0 Å². The minimum absolute atomic E-state index is 0.325. The van der Waals surface area contributed by atoms with Crippen LogP contribution in [0.1, 0.15) is 63.0 Å². The van der Waals surface area contributed by atoms with Crippen LogP contribution in [0.25, 0.3) is 11.2 Å². The molecule has 8 heteroatoms. The lowest BCUT2D eigenvalue weighted by molar-refractivity contribution is 0.410. The van der Waals surface area contributed by atoms with Gasteiger partial charge in [-0.25, -0.2) is 10.4 Å². The molecule has 2 saturated carbocycles. The second kappa shape index (κ2) is 9.83. The molecule has 0 amide bonds. The van der Waals surface area contributed by atoms with Gasteiger partial charge in [-0.3, -0.25) is 0 Å². The molecule has 0 unspecified atom stereocenters. The van der Waals surface area contributed by atoms with E-state index >= 15 is 0 Å². The van der Waals surface area contributed by atoms with E-state index < -0.39 is 0 Å². The molecule has 0 bridgehead atoms. The van der Waals surface area contributed by atoms with Crippen LogP contribution >= 0.6 is 0 Å². The zero-order chi connectivity index (χ0) is 21.8. The van der Waals surface area contributed by atoms with Crippen LogP contribution < -0.4 is 21.9 Å². The minimum atomic E-state index is 0.325. The third kappa shape index (κ3) is 4.86. The van der Waals surface area contributed by atoms with Crippen LogP contribution in [0.2, 0.25) is 0 Å². The van der Waals surface area contributed by atoms with Gasteiger partial charge in [0.25, 0.3) is 0 Å². The Balaban J connectivity index is 1.34. The molecule has 5 N–H and O–H groups in total. The van der Waals surface area contributed by atoms with Gasteiger partial charge in [0.2, 0.25) is 5.95 Å². The molecule has 2 aliphatic rings. The molecular formula is C24H34N8. The predicted octanol–water partition coefficient (Wildman–Crippen LogP) is 3.78. The molecule has 2 fully saturated rings. The van der Waals surface area contributed by atoms with Crippen molar-refractivity contribution < 1.29 is 0 Å². The largest absolute Gasteiger partial charge is 0.351 e. The zero-order valence-electron chi connectivity index (χ0n) is 18.6. The van der Waals surface area contributed by atoms with Crippen LogP contribution in [-0.4, -0.2) is 38.1 Å². The molecule has 2 aromatic heterocycles. The average molecular weight is 435 g/mol. The number of nitrogens with one attached hydrogen (secondary N) is 3. The third-order valence-corrected chi connectivity index (χ3v) is 6.83. The summed E-state index contributed by atoms with van der Waals surface area (Å²) in [5.74, 6) is 1.40. The van der Waals surface area contributed by atoms with Crippen molar-refractivity contribution in [3.8, 4) is 0 Å². The highest BCUT2D eigenvalue weighted by molar-refractivity contribution is 5.84. The van der Waals surface area contributed by atoms with Crippen molar-refractivity contribution in [3.05, 3.63) is 42.2 Å². The second-order valence-electron chi connectivity index (χ2n) is 9.20. The predicted molar refractivity (Wildman–Crippen MR) is 128 cm³/mol. The molecule has 2 aliphatic carbocycles. The van der Waals surface area contributed by atoms with Crippen molar-refractivity contribution in [3.63, 3.8) is 0 Å². The second-order valence-corrected chi connectivity index (χ2v) is 9.20. The Labute approximate surface area is 189 Å². The first-order valence-corrected chi connectivity index (χ1v) is 12.1. The van der Waals surface area contributed by atoms with E-state index in [0.717, 1.165) is 55.6 Å². The number of hydrazine groups is 1. The Morgan fingerprint density at radius 2 is 1.75 bits per heavy atom. The van der Waals surface area contributed by atoms with Gasteiger partial charge in [0.15, 0.2) is 17.0 Å². The first-order chi connectivity index (χ1) is 15.8. The summed E-state index contributed by atoms with van der Waals surface area (Å²) in [5.41, 5.74) is 15.8. The number of aromatic nitrogens is 4. The SMILES string of the molecule is NC1CCC(Nc2nc(NNCCc3ccccc3)c3ncn(C4CCCC4)c3n2)CC1. The lowest BCUT2D eigenvalue weighted by atomic mass is 9.92. The molecule has 0 atom stereocenters. The highest BCUT2D eigenvalue weighted by Gasteiger charge is 2.23. The Kier molecular flexibility index (Phi) is 6.50. The Morgan fingerprint density at radius 3 is 2.53 bits per heavy atom. The highest BCUT2D eigenvalue weighted by atomic mass is 15.4. The van der Waals surface area contributed by atoms with Crippen LogP contribution in [0.15, 0.2) is 36.7 Å². The van der Waals surface area contributed by atoms with E-state index in [1.165, 1.54) is 31.2 Å². The molecule has 3 aromatic rings. The number of hydrogen-bond acceptors (Lipinski definition) is 7. The van der Waals surface area contributed by atoms with E-state index in [1.54, 1.807) is 0 Å². The number of nitrogens with zero attached hydrogens (tertiary/aromatic N) is 4. The number of anilines is 2. The number of benzene rings is 1. The van der Waals surface area contributed by atoms with Gasteiger partial charge in [-0.05, 0) is 50.5 Å². The molecular weight excluding hydrogens is 400 g/mol. The monoisotopic (exact) mass is 434 g/mol. The van der Waals surface area contributed by atoms with Crippen molar-refractivity contribution in [1.82, 2.24) is 24.9 Å². The van der Waals surface area contributed by atoms with Gasteiger partial charge in [0.1, 0.15) is 0 Å². The fourth-order valence-electron chi connectivity index (χ4n) is 4.96. The molecule has 5 rings (SSSR count). The van der Waals surface area contributed by atoms with Crippen LogP contribution in [0.3, 0.4) is 0 Å².